The second-order valence-electron chi connectivity index (χ2n) is 8.32. The van der Waals surface area contributed by atoms with Gasteiger partial charge in [-0.05, 0) is 26.7 Å². The van der Waals surface area contributed by atoms with Gasteiger partial charge in [-0.1, -0.05) is 0 Å². The number of methoxy groups -OCH3 is 3. The molecule has 3 aromatic rings. The van der Waals surface area contributed by atoms with Gasteiger partial charge in [-0.15, -0.1) is 0 Å². The van der Waals surface area contributed by atoms with Gasteiger partial charge < -0.3 is 34.3 Å². The predicted octanol–water partition coefficient (Wildman–Crippen LogP) is 3.21. The highest BCUT2D eigenvalue weighted by Gasteiger charge is 2.30. The van der Waals surface area contributed by atoms with Crippen molar-refractivity contribution in [3.63, 3.8) is 0 Å². The summed E-state index contributed by atoms with van der Waals surface area (Å²) in [5.74, 6) is 2.99. The number of rotatable bonds is 9. The lowest BCUT2D eigenvalue weighted by Gasteiger charge is -2.34. The normalized spacial score (nSPS) is 15.7. The molecule has 1 unspecified atom stereocenters. The summed E-state index contributed by atoms with van der Waals surface area (Å²) in [7, 11) is 4.71. The summed E-state index contributed by atoms with van der Waals surface area (Å²) in [6.45, 7) is 6.93. The molecule has 1 aliphatic rings. The molecule has 188 valence electrons. The summed E-state index contributed by atoms with van der Waals surface area (Å²) in [5, 5.41) is 3.30. The van der Waals surface area contributed by atoms with Crippen molar-refractivity contribution in [2.24, 2.45) is 5.92 Å². The molecule has 1 aliphatic heterocycles. The van der Waals surface area contributed by atoms with Crippen molar-refractivity contribution in [2.45, 2.75) is 26.7 Å². The number of aromatic amines is 1. The minimum Gasteiger partial charge on any atom is -0.493 e. The summed E-state index contributed by atoms with van der Waals surface area (Å²) in [4.78, 5) is 33.8. The number of benzene rings is 1. The molecule has 1 saturated heterocycles. The number of imidazole rings is 1. The van der Waals surface area contributed by atoms with Crippen LogP contribution in [0.25, 0.3) is 11.2 Å². The van der Waals surface area contributed by atoms with Crippen LogP contribution in [0.1, 0.15) is 26.7 Å². The molecule has 11 heteroatoms. The third-order valence-electron chi connectivity index (χ3n) is 6.35. The monoisotopic (exact) mass is 483 g/mol. The lowest BCUT2D eigenvalue weighted by atomic mass is 9.96. The summed E-state index contributed by atoms with van der Waals surface area (Å²) < 4.78 is 16.3. The molecule has 0 aliphatic carbocycles. The van der Waals surface area contributed by atoms with Crippen molar-refractivity contribution in [3.05, 3.63) is 18.5 Å². The van der Waals surface area contributed by atoms with Crippen LogP contribution in [0, 0.1) is 5.92 Å². The minimum atomic E-state index is -0.0419. The number of ether oxygens (including phenoxy) is 3. The SMILES string of the molecule is CCN(CC)C(=O)C1CCCN(c2nc3ncnc(Nc4cc(OC)c(OC)c(OC)c4)c3[nH]2)C1. The maximum absolute atomic E-state index is 12.9. The molecule has 4 rings (SSSR count). The summed E-state index contributed by atoms with van der Waals surface area (Å²) in [5.41, 5.74) is 1.93. The van der Waals surface area contributed by atoms with E-state index in [1.165, 1.54) is 6.33 Å². The van der Waals surface area contributed by atoms with Gasteiger partial charge in [-0.3, -0.25) is 4.79 Å². The van der Waals surface area contributed by atoms with Crippen LogP contribution < -0.4 is 24.4 Å². The van der Waals surface area contributed by atoms with E-state index in [9.17, 15) is 4.79 Å². The quantitative estimate of drug-likeness (QED) is 0.473. The third-order valence-corrected chi connectivity index (χ3v) is 6.35. The van der Waals surface area contributed by atoms with Crippen LogP contribution in [0.2, 0.25) is 0 Å². The highest BCUT2D eigenvalue weighted by atomic mass is 16.5. The Kier molecular flexibility index (Phi) is 7.42. The smallest absolute Gasteiger partial charge is 0.227 e. The highest BCUT2D eigenvalue weighted by molar-refractivity contribution is 5.87. The van der Waals surface area contributed by atoms with E-state index in [-0.39, 0.29) is 11.8 Å². The van der Waals surface area contributed by atoms with Gasteiger partial charge in [0.25, 0.3) is 0 Å². The number of nitrogens with one attached hydrogen (secondary N) is 2. The maximum atomic E-state index is 12.9. The fourth-order valence-electron chi connectivity index (χ4n) is 4.52. The van der Waals surface area contributed by atoms with Crippen molar-refractivity contribution < 1.29 is 19.0 Å². The number of hydrogen-bond acceptors (Lipinski definition) is 9. The number of H-pyrrole nitrogens is 1. The number of nitrogens with zero attached hydrogens (tertiary/aromatic N) is 5. The molecular formula is C24H33N7O4. The standard InChI is InChI=1S/C24H33N7O4/c1-6-30(7-2)23(32)15-9-8-10-31(13-15)24-28-19-21(25-14-26-22(19)29-24)27-16-11-17(33-3)20(35-5)18(12-16)34-4/h11-12,14-15H,6-10,13H2,1-5H3,(H2,25,26,27,28,29). The Morgan fingerprint density at radius 1 is 1.14 bits per heavy atom. The number of amides is 1. The Balaban J connectivity index is 1.60. The third kappa shape index (κ3) is 4.89. The Morgan fingerprint density at radius 2 is 1.86 bits per heavy atom. The largest absolute Gasteiger partial charge is 0.493 e. The van der Waals surface area contributed by atoms with E-state index in [1.54, 1.807) is 33.5 Å². The number of anilines is 3. The summed E-state index contributed by atoms with van der Waals surface area (Å²) in [6, 6.07) is 3.61. The van der Waals surface area contributed by atoms with Crippen molar-refractivity contribution in [3.8, 4) is 17.2 Å². The topological polar surface area (TPSA) is 118 Å². The fraction of sp³-hybridized carbons (Fsp3) is 0.500. The maximum Gasteiger partial charge on any atom is 0.227 e. The van der Waals surface area contributed by atoms with Gasteiger partial charge in [-0.2, -0.15) is 4.98 Å². The van der Waals surface area contributed by atoms with Crippen LogP contribution in [0.15, 0.2) is 18.5 Å². The van der Waals surface area contributed by atoms with Gasteiger partial charge in [0.2, 0.25) is 17.6 Å². The van der Waals surface area contributed by atoms with Gasteiger partial charge in [-0.25, -0.2) is 9.97 Å². The van der Waals surface area contributed by atoms with Crippen LogP contribution in [-0.2, 0) is 4.79 Å². The first-order chi connectivity index (χ1) is 17.0. The lowest BCUT2D eigenvalue weighted by molar-refractivity contribution is -0.135. The molecular weight excluding hydrogens is 450 g/mol. The van der Waals surface area contributed by atoms with E-state index in [2.05, 4.69) is 25.2 Å². The Bertz CT molecular complexity index is 1150. The van der Waals surface area contributed by atoms with Crippen molar-refractivity contribution in [1.82, 2.24) is 24.8 Å². The molecule has 11 nitrogen and oxygen atoms in total. The zero-order chi connectivity index (χ0) is 24.9. The predicted molar refractivity (Wildman–Crippen MR) is 134 cm³/mol. The van der Waals surface area contributed by atoms with Crippen molar-refractivity contribution in [1.29, 1.82) is 0 Å². The Morgan fingerprint density at radius 3 is 2.49 bits per heavy atom. The molecule has 0 radical (unpaired) electrons. The van der Waals surface area contributed by atoms with E-state index < -0.39 is 0 Å². The van der Waals surface area contributed by atoms with Gasteiger partial charge in [0, 0.05) is 44.0 Å². The minimum absolute atomic E-state index is 0.0419. The molecule has 3 heterocycles. The fourth-order valence-corrected chi connectivity index (χ4v) is 4.52. The second kappa shape index (κ2) is 10.7. The van der Waals surface area contributed by atoms with E-state index >= 15 is 0 Å². The van der Waals surface area contributed by atoms with Crippen LogP contribution >= 0.6 is 0 Å². The molecule has 0 bridgehead atoms. The lowest BCUT2D eigenvalue weighted by Crippen LogP contribution is -2.45. The van der Waals surface area contributed by atoms with E-state index in [1.807, 2.05) is 18.7 Å². The van der Waals surface area contributed by atoms with Crippen molar-refractivity contribution in [2.75, 3.05) is 57.7 Å². The van der Waals surface area contributed by atoms with Crippen LogP contribution in [0.3, 0.4) is 0 Å². The zero-order valence-electron chi connectivity index (χ0n) is 20.9. The summed E-state index contributed by atoms with van der Waals surface area (Å²) >= 11 is 0. The van der Waals surface area contributed by atoms with Gasteiger partial charge >= 0.3 is 0 Å². The highest BCUT2D eigenvalue weighted by Crippen LogP contribution is 2.41. The van der Waals surface area contributed by atoms with Gasteiger partial charge in [0.15, 0.2) is 23.0 Å². The number of piperidine rings is 1. The number of carbonyl (C=O) groups excluding carboxylic acids is 1. The average molecular weight is 484 g/mol. The number of hydrogen-bond donors (Lipinski definition) is 2. The molecule has 2 aromatic heterocycles. The first kappa shape index (κ1) is 24.4. The summed E-state index contributed by atoms with van der Waals surface area (Å²) in [6.07, 6.45) is 3.28. The van der Waals surface area contributed by atoms with Crippen LogP contribution in [0.5, 0.6) is 17.2 Å². The van der Waals surface area contributed by atoms with Crippen LogP contribution in [0.4, 0.5) is 17.5 Å². The van der Waals surface area contributed by atoms with Crippen molar-refractivity contribution >= 4 is 34.5 Å². The molecule has 1 amide bonds. The average Bonchev–Trinajstić information content (AvgIpc) is 3.34. The first-order valence-electron chi connectivity index (χ1n) is 11.8. The Hall–Kier alpha value is -3.76. The molecule has 2 N–H and O–H groups in total. The Labute approximate surface area is 204 Å². The van der Waals surface area contributed by atoms with E-state index in [4.69, 9.17) is 19.2 Å². The number of aromatic nitrogens is 4. The zero-order valence-corrected chi connectivity index (χ0v) is 20.9. The molecule has 0 spiro atoms. The first-order valence-corrected chi connectivity index (χ1v) is 11.8. The molecule has 1 fully saturated rings. The molecule has 35 heavy (non-hydrogen) atoms. The molecule has 1 atom stereocenters. The number of carbonyl (C=O) groups is 1. The number of fused-ring (bicyclic) bond motifs is 1. The van der Waals surface area contributed by atoms with Crippen LogP contribution in [-0.4, -0.2) is 78.3 Å². The molecule has 1 aromatic carbocycles. The van der Waals surface area contributed by atoms with Gasteiger partial charge in [0.05, 0.1) is 27.2 Å². The van der Waals surface area contributed by atoms with Gasteiger partial charge in [0.1, 0.15) is 11.8 Å². The second-order valence-corrected chi connectivity index (χ2v) is 8.32. The molecule has 0 saturated carbocycles. The van der Waals surface area contributed by atoms with E-state index in [0.717, 1.165) is 32.5 Å². The van der Waals surface area contributed by atoms with E-state index in [0.29, 0.717) is 52.4 Å².